The van der Waals surface area contributed by atoms with Gasteiger partial charge in [0.05, 0.1) is 66.8 Å². The van der Waals surface area contributed by atoms with Crippen LogP contribution in [-0.2, 0) is 28.6 Å². The van der Waals surface area contributed by atoms with Crippen LogP contribution >= 0.6 is 0 Å². The van der Waals surface area contributed by atoms with E-state index in [4.69, 9.17) is 24.2 Å². The number of alkyl carbamates (subject to hydrolysis) is 1. The maximum absolute atomic E-state index is 14.2. The molecule has 14 nitrogen and oxygen atoms in total. The van der Waals surface area contributed by atoms with Gasteiger partial charge in [-0.2, -0.15) is 0 Å². The van der Waals surface area contributed by atoms with E-state index in [-0.39, 0.29) is 48.2 Å². The van der Waals surface area contributed by atoms with E-state index in [9.17, 15) is 19.2 Å². The Hall–Kier alpha value is -6.02. The van der Waals surface area contributed by atoms with Crippen LogP contribution < -0.4 is 5.32 Å². The molecule has 7 atom stereocenters. The number of ether oxygens (including phenoxy) is 3. The Morgan fingerprint density at radius 2 is 1.43 bits per heavy atom. The van der Waals surface area contributed by atoms with Gasteiger partial charge >= 0.3 is 12.1 Å². The first-order valence-electron chi connectivity index (χ1n) is 21.4. The van der Waals surface area contributed by atoms with Crippen molar-refractivity contribution >= 4 is 67.5 Å². The monoisotopic (exact) mass is 827 g/mol. The second-order valence-electron chi connectivity index (χ2n) is 17.3. The Kier molecular flexibility index (Phi) is 10.7. The lowest BCUT2D eigenvalue weighted by Crippen LogP contribution is -2.51. The quantitative estimate of drug-likeness (QED) is 0.111. The van der Waals surface area contributed by atoms with Crippen molar-refractivity contribution in [3.05, 3.63) is 72.3 Å². The van der Waals surface area contributed by atoms with Gasteiger partial charge in [0.25, 0.3) is 0 Å². The number of fused-ring (bicyclic) bond motifs is 8. The predicted molar refractivity (Wildman–Crippen MR) is 231 cm³/mol. The largest absolute Gasteiger partial charge is 0.469 e. The topological polar surface area (TPSA) is 172 Å². The van der Waals surface area contributed by atoms with Crippen LogP contribution in [0, 0.1) is 17.8 Å². The standard InChI is InChI=1S/C47H53N7O7/c1-24(2)39(52-47(58)61-6)46(57)53-19-7-8-37(53)43-48-35-17-12-28-20-26(10-15-32(28)40(35)50-43)27-11-16-33-29(21-27)13-18-36-41(33)51-44(49-36)42-30-9-14-31(22-30)54(42)45(56)34(25(3)59-4)23-38(55)60-5/h10-13,15-18,20-21,24-25,30-31,34,37,39,42H,7-9,14,19,22-23H2,1-6H3,(H,48,50)(H,49,51)(H,52,58)/t25-,30+,31-,34+,37+,39+,42+/m1/s1. The molecule has 0 radical (unpaired) electrons. The van der Waals surface area contributed by atoms with Gasteiger partial charge in [0.1, 0.15) is 17.7 Å². The first-order valence-corrected chi connectivity index (χ1v) is 21.4. The number of aromatic nitrogens is 4. The summed E-state index contributed by atoms with van der Waals surface area (Å²) in [7, 11) is 4.20. The summed E-state index contributed by atoms with van der Waals surface area (Å²) in [6.45, 7) is 6.24. The van der Waals surface area contributed by atoms with Crippen LogP contribution in [0.25, 0.3) is 54.7 Å². The van der Waals surface area contributed by atoms with E-state index in [1.807, 2.05) is 36.6 Å². The number of imidazole rings is 2. The van der Waals surface area contributed by atoms with Crippen molar-refractivity contribution in [3.8, 4) is 11.1 Å². The van der Waals surface area contributed by atoms with E-state index >= 15 is 0 Å². The van der Waals surface area contributed by atoms with Gasteiger partial charge in [0.2, 0.25) is 11.8 Å². The summed E-state index contributed by atoms with van der Waals surface area (Å²) < 4.78 is 15.3. The summed E-state index contributed by atoms with van der Waals surface area (Å²) in [6.07, 6.45) is 3.39. The van der Waals surface area contributed by atoms with Crippen LogP contribution in [0.15, 0.2) is 60.7 Å². The molecule has 14 heteroatoms. The van der Waals surface area contributed by atoms with Crippen LogP contribution in [-0.4, -0.2) is 99.7 Å². The van der Waals surface area contributed by atoms with Gasteiger partial charge in [-0.05, 0) is 97.0 Å². The third-order valence-electron chi connectivity index (χ3n) is 13.5. The number of benzene rings is 4. The Morgan fingerprint density at radius 1 is 0.787 bits per heavy atom. The highest BCUT2D eigenvalue weighted by Crippen LogP contribution is 2.51. The fraction of sp³-hybridized carbons (Fsp3) is 0.447. The number of nitrogens with zero attached hydrogens (tertiary/aromatic N) is 4. The molecule has 3 aliphatic rings. The average Bonchev–Trinajstić information content (AvgIpc) is 4.13. The van der Waals surface area contributed by atoms with Crippen molar-refractivity contribution < 1.29 is 33.4 Å². The molecule has 1 aliphatic carbocycles. The van der Waals surface area contributed by atoms with Crippen molar-refractivity contribution in [3.63, 3.8) is 0 Å². The number of hydrogen-bond acceptors (Lipinski definition) is 9. The smallest absolute Gasteiger partial charge is 0.407 e. The number of H-pyrrole nitrogens is 2. The molecular weight excluding hydrogens is 775 g/mol. The number of amides is 3. The Morgan fingerprint density at radius 3 is 2.03 bits per heavy atom. The van der Waals surface area contributed by atoms with Crippen LogP contribution in [0.4, 0.5) is 4.79 Å². The number of hydrogen-bond donors (Lipinski definition) is 3. The van der Waals surface area contributed by atoms with Crippen LogP contribution in [0.5, 0.6) is 0 Å². The molecule has 2 aromatic heterocycles. The van der Waals surface area contributed by atoms with Crippen molar-refractivity contribution in [2.24, 2.45) is 17.8 Å². The number of esters is 1. The van der Waals surface area contributed by atoms with E-state index < -0.39 is 30.1 Å². The second-order valence-corrected chi connectivity index (χ2v) is 17.3. The summed E-state index contributed by atoms with van der Waals surface area (Å²) in [6, 6.07) is 20.2. The van der Waals surface area contributed by atoms with Crippen LogP contribution in [0.3, 0.4) is 0 Å². The molecule has 4 heterocycles. The highest BCUT2D eigenvalue weighted by atomic mass is 16.5. The van der Waals surface area contributed by atoms with Crippen LogP contribution in [0.2, 0.25) is 0 Å². The molecule has 0 unspecified atom stereocenters. The van der Waals surface area contributed by atoms with E-state index in [0.29, 0.717) is 6.54 Å². The zero-order chi connectivity index (χ0) is 42.7. The molecule has 2 aliphatic heterocycles. The Labute approximate surface area is 353 Å². The number of carbonyl (C=O) groups is 4. The third-order valence-corrected chi connectivity index (χ3v) is 13.5. The number of nitrogens with one attached hydrogen (secondary N) is 3. The molecule has 4 aromatic carbocycles. The Bertz CT molecular complexity index is 2690. The minimum atomic E-state index is -0.699. The maximum Gasteiger partial charge on any atom is 0.407 e. The lowest BCUT2D eigenvalue weighted by atomic mass is 9.93. The third kappa shape index (κ3) is 7.13. The molecule has 6 aromatic rings. The Balaban J connectivity index is 0.986. The van der Waals surface area contributed by atoms with Gasteiger partial charge in [-0.25, -0.2) is 14.8 Å². The number of likely N-dealkylation sites (tertiary alicyclic amines) is 2. The number of carbonyl (C=O) groups excluding carboxylic acids is 4. The first kappa shape index (κ1) is 40.4. The normalized spacial score (nSPS) is 21.5. The number of methoxy groups -OCH3 is 3. The molecule has 9 rings (SSSR count). The highest BCUT2D eigenvalue weighted by Gasteiger charge is 2.52. The maximum atomic E-state index is 14.2. The zero-order valence-electron chi connectivity index (χ0n) is 35.5. The number of aromatic amines is 2. The van der Waals surface area contributed by atoms with E-state index in [1.54, 1.807) is 7.11 Å². The van der Waals surface area contributed by atoms with E-state index in [0.717, 1.165) is 98.5 Å². The minimum Gasteiger partial charge on any atom is -0.469 e. The molecule has 318 valence electrons. The summed E-state index contributed by atoms with van der Waals surface area (Å²) in [5.74, 6) is 0.379. The van der Waals surface area contributed by atoms with Crippen LogP contribution in [0.1, 0.15) is 83.0 Å². The van der Waals surface area contributed by atoms with Crippen molar-refractivity contribution in [1.82, 2.24) is 35.1 Å². The lowest BCUT2D eigenvalue weighted by molar-refractivity contribution is -0.153. The molecule has 0 spiro atoms. The summed E-state index contributed by atoms with van der Waals surface area (Å²) in [5.41, 5.74) is 5.67. The summed E-state index contributed by atoms with van der Waals surface area (Å²) in [5, 5.41) is 6.87. The molecule has 61 heavy (non-hydrogen) atoms. The fourth-order valence-electron chi connectivity index (χ4n) is 10.2. The molecule has 3 N–H and O–H groups in total. The van der Waals surface area contributed by atoms with Gasteiger partial charge < -0.3 is 39.3 Å². The van der Waals surface area contributed by atoms with Crippen molar-refractivity contribution in [1.29, 1.82) is 0 Å². The zero-order valence-corrected chi connectivity index (χ0v) is 35.5. The lowest BCUT2D eigenvalue weighted by Gasteiger charge is -2.37. The second kappa shape index (κ2) is 16.1. The van der Waals surface area contributed by atoms with Gasteiger partial charge in [-0.15, -0.1) is 0 Å². The molecule has 3 fully saturated rings. The summed E-state index contributed by atoms with van der Waals surface area (Å²) >= 11 is 0. The molecule has 2 bridgehead atoms. The van der Waals surface area contributed by atoms with E-state index in [1.165, 1.54) is 14.2 Å². The predicted octanol–water partition coefficient (Wildman–Crippen LogP) is 7.72. The average molecular weight is 828 g/mol. The SMILES string of the molecule is COC(=O)C[C@H](C(=O)N1[C@@H]2CC[C@@H](C2)[C@H]1c1nc2c(ccc3cc(-c4ccc5c(ccc6[nH]c([C@@H]7CCCN7C(=O)[C@@H](NC(=O)OC)C(C)C)nc65)c4)ccc32)[nH]1)[C@@H](C)OC. The molecule has 3 amide bonds. The summed E-state index contributed by atoms with van der Waals surface area (Å²) in [4.78, 5) is 73.6. The molecular formula is C47H53N7O7. The fourth-order valence-corrected chi connectivity index (χ4v) is 10.2. The van der Waals surface area contributed by atoms with E-state index in [2.05, 4.69) is 69.9 Å². The van der Waals surface area contributed by atoms with Gasteiger partial charge in [0.15, 0.2) is 0 Å². The first-order chi connectivity index (χ1) is 29.5. The highest BCUT2D eigenvalue weighted by molar-refractivity contribution is 6.07. The van der Waals surface area contributed by atoms with Gasteiger partial charge in [-0.3, -0.25) is 14.4 Å². The van der Waals surface area contributed by atoms with Crippen molar-refractivity contribution in [2.75, 3.05) is 27.9 Å². The van der Waals surface area contributed by atoms with Gasteiger partial charge in [-0.1, -0.05) is 50.2 Å². The number of rotatable bonds is 11. The van der Waals surface area contributed by atoms with Gasteiger partial charge in [0, 0.05) is 30.5 Å². The van der Waals surface area contributed by atoms with Crippen molar-refractivity contribution in [2.45, 2.75) is 89.6 Å². The minimum absolute atomic E-state index is 0.0366. The number of piperidine rings is 1. The molecule has 1 saturated carbocycles. The molecule has 2 saturated heterocycles.